The van der Waals surface area contributed by atoms with E-state index in [0.29, 0.717) is 0 Å². The number of morpholine rings is 1. The summed E-state index contributed by atoms with van der Waals surface area (Å²) in [5.41, 5.74) is 1.06. The van der Waals surface area contributed by atoms with Gasteiger partial charge in [-0.15, -0.1) is 0 Å². The Morgan fingerprint density at radius 2 is 2.10 bits per heavy atom. The van der Waals surface area contributed by atoms with E-state index < -0.39 is 0 Å². The Morgan fingerprint density at radius 1 is 1.35 bits per heavy atom. The van der Waals surface area contributed by atoms with Gasteiger partial charge in [0, 0.05) is 31.7 Å². The fraction of sp³-hybridized carbons (Fsp3) is 0.714. The normalized spacial score (nSPS) is 19.9. The second-order valence-electron chi connectivity index (χ2n) is 5.26. The van der Waals surface area contributed by atoms with Crippen LogP contribution in [0.4, 0.5) is 11.6 Å². The maximum absolute atomic E-state index is 5.74. The first-order valence-corrected chi connectivity index (χ1v) is 7.30. The second kappa shape index (κ2) is 7.40. The minimum atomic E-state index is 0.218. The first-order valence-electron chi connectivity index (χ1n) is 7.30. The van der Waals surface area contributed by atoms with Crippen LogP contribution in [0.2, 0.25) is 0 Å². The highest BCUT2D eigenvalue weighted by molar-refractivity contribution is 5.56. The summed E-state index contributed by atoms with van der Waals surface area (Å²) < 4.78 is 5.74. The van der Waals surface area contributed by atoms with Crippen molar-refractivity contribution in [2.24, 2.45) is 0 Å². The molecule has 1 fully saturated rings. The molecule has 0 bridgehead atoms. The topological polar surface area (TPSA) is 62.3 Å². The molecule has 2 N–H and O–H groups in total. The monoisotopic (exact) mass is 279 g/mol. The van der Waals surface area contributed by atoms with Crippen molar-refractivity contribution in [3.8, 4) is 0 Å². The van der Waals surface area contributed by atoms with Gasteiger partial charge in [0.15, 0.2) is 0 Å². The zero-order valence-corrected chi connectivity index (χ0v) is 12.6. The summed E-state index contributed by atoms with van der Waals surface area (Å²) in [6.45, 7) is 8.64. The van der Waals surface area contributed by atoms with Crippen LogP contribution < -0.4 is 10.6 Å². The average molecular weight is 279 g/mol. The van der Waals surface area contributed by atoms with Crippen molar-refractivity contribution in [2.45, 2.75) is 26.4 Å². The van der Waals surface area contributed by atoms with Gasteiger partial charge in [-0.05, 0) is 20.4 Å². The van der Waals surface area contributed by atoms with Gasteiger partial charge >= 0.3 is 0 Å². The van der Waals surface area contributed by atoms with Gasteiger partial charge in [-0.25, -0.2) is 9.97 Å². The van der Waals surface area contributed by atoms with Crippen molar-refractivity contribution >= 4 is 11.6 Å². The zero-order chi connectivity index (χ0) is 14.4. The maximum Gasteiger partial charge on any atom is 0.134 e. The molecule has 0 amide bonds. The van der Waals surface area contributed by atoms with Crippen LogP contribution in [0, 0.1) is 6.92 Å². The standard InChI is InChI=1S/C14H25N5O/c1-4-5-15-13-11(2)14(18-10-17-13)16-8-12-9-19(3)6-7-20-12/h10,12H,4-9H2,1-3H3,(H2,15,16,17,18). The average Bonchev–Trinajstić information content (AvgIpc) is 2.45. The van der Waals surface area contributed by atoms with Crippen molar-refractivity contribution in [3.63, 3.8) is 0 Å². The molecule has 6 nitrogen and oxygen atoms in total. The van der Waals surface area contributed by atoms with E-state index in [1.807, 2.05) is 6.92 Å². The quantitative estimate of drug-likeness (QED) is 0.819. The third-order valence-electron chi connectivity index (χ3n) is 3.47. The number of hydrogen-bond donors (Lipinski definition) is 2. The molecule has 0 radical (unpaired) electrons. The first kappa shape index (κ1) is 15.0. The SMILES string of the molecule is CCCNc1ncnc(NCC2CN(C)CCO2)c1C. The van der Waals surface area contributed by atoms with E-state index in [2.05, 4.69) is 39.5 Å². The molecule has 6 heteroatoms. The van der Waals surface area contributed by atoms with Gasteiger partial charge in [-0.1, -0.05) is 6.92 Å². The number of nitrogens with one attached hydrogen (secondary N) is 2. The summed E-state index contributed by atoms with van der Waals surface area (Å²) in [5.74, 6) is 1.79. The Bertz CT molecular complexity index is 426. The van der Waals surface area contributed by atoms with E-state index in [1.165, 1.54) is 0 Å². The molecule has 20 heavy (non-hydrogen) atoms. The molecule has 1 saturated heterocycles. The number of rotatable bonds is 6. The van der Waals surface area contributed by atoms with Crippen molar-refractivity contribution in [1.82, 2.24) is 14.9 Å². The molecule has 1 aliphatic rings. The molecule has 0 saturated carbocycles. The van der Waals surface area contributed by atoms with E-state index in [-0.39, 0.29) is 6.10 Å². The summed E-state index contributed by atoms with van der Waals surface area (Å²) in [4.78, 5) is 10.9. The van der Waals surface area contributed by atoms with E-state index in [9.17, 15) is 0 Å². The Kier molecular flexibility index (Phi) is 5.55. The number of aromatic nitrogens is 2. The Hall–Kier alpha value is -1.40. The number of likely N-dealkylation sites (N-methyl/N-ethyl adjacent to an activating group) is 1. The summed E-state index contributed by atoms with van der Waals surface area (Å²) in [5, 5.41) is 6.69. The fourth-order valence-electron chi connectivity index (χ4n) is 2.25. The molecule has 0 spiro atoms. The highest BCUT2D eigenvalue weighted by Gasteiger charge is 2.18. The van der Waals surface area contributed by atoms with Crippen LogP contribution in [-0.4, -0.2) is 60.8 Å². The van der Waals surface area contributed by atoms with Gasteiger partial charge in [-0.3, -0.25) is 0 Å². The van der Waals surface area contributed by atoms with Crippen LogP contribution in [0.5, 0.6) is 0 Å². The fourth-order valence-corrected chi connectivity index (χ4v) is 2.25. The highest BCUT2D eigenvalue weighted by Crippen LogP contribution is 2.18. The van der Waals surface area contributed by atoms with Crippen LogP contribution in [0.1, 0.15) is 18.9 Å². The lowest BCUT2D eigenvalue weighted by Gasteiger charge is -2.30. The van der Waals surface area contributed by atoms with Gasteiger partial charge in [0.25, 0.3) is 0 Å². The van der Waals surface area contributed by atoms with Crippen LogP contribution in [0.25, 0.3) is 0 Å². The minimum absolute atomic E-state index is 0.218. The molecule has 1 aliphatic heterocycles. The third kappa shape index (κ3) is 4.05. The van der Waals surface area contributed by atoms with Crippen LogP contribution in [-0.2, 0) is 4.74 Å². The van der Waals surface area contributed by atoms with Crippen LogP contribution in [0.3, 0.4) is 0 Å². The molecule has 0 aromatic carbocycles. The molecule has 2 heterocycles. The lowest BCUT2D eigenvalue weighted by Crippen LogP contribution is -2.43. The lowest BCUT2D eigenvalue weighted by atomic mass is 10.2. The van der Waals surface area contributed by atoms with Gasteiger partial charge < -0.3 is 20.3 Å². The number of nitrogens with zero attached hydrogens (tertiary/aromatic N) is 3. The molecule has 112 valence electrons. The molecule has 2 rings (SSSR count). The molecule has 1 aromatic heterocycles. The van der Waals surface area contributed by atoms with Gasteiger partial charge in [0.1, 0.15) is 18.0 Å². The largest absolute Gasteiger partial charge is 0.374 e. The van der Waals surface area contributed by atoms with Gasteiger partial charge in [-0.2, -0.15) is 0 Å². The Labute approximate surface area is 120 Å². The zero-order valence-electron chi connectivity index (χ0n) is 12.6. The molecule has 0 aliphatic carbocycles. The van der Waals surface area contributed by atoms with Crippen molar-refractivity contribution in [1.29, 1.82) is 0 Å². The Balaban J connectivity index is 1.91. The number of ether oxygens (including phenoxy) is 1. The summed E-state index contributed by atoms with van der Waals surface area (Å²) in [6.07, 6.45) is 2.89. The second-order valence-corrected chi connectivity index (χ2v) is 5.26. The number of hydrogen-bond acceptors (Lipinski definition) is 6. The minimum Gasteiger partial charge on any atom is -0.374 e. The smallest absolute Gasteiger partial charge is 0.134 e. The third-order valence-corrected chi connectivity index (χ3v) is 3.47. The van der Waals surface area contributed by atoms with E-state index >= 15 is 0 Å². The Morgan fingerprint density at radius 3 is 2.80 bits per heavy atom. The van der Waals surface area contributed by atoms with Crippen molar-refractivity contribution in [2.75, 3.05) is 50.5 Å². The predicted molar refractivity (Wildman–Crippen MR) is 81.3 cm³/mol. The first-order chi connectivity index (χ1) is 9.70. The number of anilines is 2. The van der Waals surface area contributed by atoms with Gasteiger partial charge in [0.2, 0.25) is 0 Å². The molecule has 1 atom stereocenters. The highest BCUT2D eigenvalue weighted by atomic mass is 16.5. The summed E-state index contributed by atoms with van der Waals surface area (Å²) in [7, 11) is 2.12. The van der Waals surface area contributed by atoms with Crippen LogP contribution in [0.15, 0.2) is 6.33 Å². The molecular formula is C14H25N5O. The van der Waals surface area contributed by atoms with E-state index in [0.717, 1.165) is 56.4 Å². The van der Waals surface area contributed by atoms with Crippen LogP contribution >= 0.6 is 0 Å². The summed E-state index contributed by atoms with van der Waals surface area (Å²) in [6, 6.07) is 0. The van der Waals surface area contributed by atoms with Crippen molar-refractivity contribution < 1.29 is 4.74 Å². The van der Waals surface area contributed by atoms with E-state index in [4.69, 9.17) is 4.74 Å². The predicted octanol–water partition coefficient (Wildman–Crippen LogP) is 1.35. The molecular weight excluding hydrogens is 254 g/mol. The maximum atomic E-state index is 5.74. The van der Waals surface area contributed by atoms with Gasteiger partial charge in [0.05, 0.1) is 12.7 Å². The molecule has 1 aromatic rings. The lowest BCUT2D eigenvalue weighted by molar-refractivity contribution is -0.0117. The molecule has 1 unspecified atom stereocenters. The van der Waals surface area contributed by atoms with E-state index in [1.54, 1.807) is 6.33 Å². The van der Waals surface area contributed by atoms with Crippen molar-refractivity contribution in [3.05, 3.63) is 11.9 Å². The summed E-state index contributed by atoms with van der Waals surface area (Å²) >= 11 is 0.